The van der Waals surface area contributed by atoms with Crippen LogP contribution in [0.15, 0.2) is 6.33 Å². The molecule has 1 fully saturated rings. The van der Waals surface area contributed by atoms with E-state index in [9.17, 15) is 4.79 Å². The van der Waals surface area contributed by atoms with Gasteiger partial charge in [0.05, 0.1) is 0 Å². The molecule has 0 spiro atoms. The molecule has 16 heavy (non-hydrogen) atoms. The first-order valence-corrected chi connectivity index (χ1v) is 6.00. The maximum absolute atomic E-state index is 11.5. The van der Waals surface area contributed by atoms with Crippen molar-refractivity contribution < 1.29 is 4.79 Å². The van der Waals surface area contributed by atoms with E-state index in [1.165, 1.54) is 0 Å². The highest BCUT2D eigenvalue weighted by molar-refractivity contribution is 5.83. The van der Waals surface area contributed by atoms with Crippen LogP contribution in [-0.2, 0) is 11.2 Å². The molecule has 4 heteroatoms. The molecule has 0 radical (unpaired) electrons. The molecule has 1 aromatic heterocycles. The molecule has 1 aromatic rings. The molecule has 1 aliphatic rings. The molecule has 0 amide bonds. The summed E-state index contributed by atoms with van der Waals surface area (Å²) in [6.07, 6.45) is 4.23. The van der Waals surface area contributed by atoms with Gasteiger partial charge >= 0.3 is 0 Å². The van der Waals surface area contributed by atoms with Crippen LogP contribution in [0.4, 0.5) is 0 Å². The summed E-state index contributed by atoms with van der Waals surface area (Å²) in [7, 11) is 0. The minimum Gasteiger partial charge on any atom is -0.299 e. The topological polar surface area (TPSA) is 47.8 Å². The molecule has 0 aliphatic heterocycles. The quantitative estimate of drug-likeness (QED) is 0.784. The van der Waals surface area contributed by atoms with Gasteiger partial charge < -0.3 is 0 Å². The summed E-state index contributed by atoms with van der Waals surface area (Å²) in [6, 6.07) is 0.338. The molecule has 0 aromatic carbocycles. The third-order valence-electron chi connectivity index (χ3n) is 3.56. The molecule has 2 atom stereocenters. The minimum absolute atomic E-state index is 0.192. The summed E-state index contributed by atoms with van der Waals surface area (Å²) in [5, 5.41) is 4.22. The summed E-state index contributed by atoms with van der Waals surface area (Å²) in [5.41, 5.74) is 0. The molecular weight excluding hydrogens is 202 g/mol. The lowest BCUT2D eigenvalue weighted by Crippen LogP contribution is -2.17. The molecule has 0 bridgehead atoms. The number of rotatable bonds is 3. The first-order chi connectivity index (χ1) is 7.59. The van der Waals surface area contributed by atoms with Crippen LogP contribution in [0.5, 0.6) is 0 Å². The zero-order chi connectivity index (χ0) is 11.7. The largest absolute Gasteiger partial charge is 0.299 e. The van der Waals surface area contributed by atoms with E-state index in [4.69, 9.17) is 0 Å². The van der Waals surface area contributed by atoms with Crippen molar-refractivity contribution in [2.45, 2.75) is 46.1 Å². The van der Waals surface area contributed by atoms with E-state index in [-0.39, 0.29) is 5.92 Å². The van der Waals surface area contributed by atoms with Crippen LogP contribution < -0.4 is 0 Å². The fourth-order valence-electron chi connectivity index (χ4n) is 2.43. The van der Waals surface area contributed by atoms with Gasteiger partial charge in [-0.25, -0.2) is 9.67 Å². The monoisotopic (exact) mass is 221 g/mol. The van der Waals surface area contributed by atoms with E-state index in [1.807, 2.05) is 11.6 Å². The average Bonchev–Trinajstić information content (AvgIpc) is 2.80. The minimum atomic E-state index is 0.192. The van der Waals surface area contributed by atoms with Gasteiger partial charge in [0.2, 0.25) is 0 Å². The molecule has 0 saturated heterocycles. The predicted molar refractivity (Wildman–Crippen MR) is 61.0 cm³/mol. The highest BCUT2D eigenvalue weighted by Gasteiger charge is 2.31. The number of ketones is 1. The van der Waals surface area contributed by atoms with E-state index in [1.54, 1.807) is 6.33 Å². The molecule has 0 N–H and O–H groups in total. The maximum Gasteiger partial charge on any atom is 0.138 e. The lowest BCUT2D eigenvalue weighted by Gasteiger charge is -2.15. The van der Waals surface area contributed by atoms with Gasteiger partial charge in [-0.05, 0) is 26.2 Å². The van der Waals surface area contributed by atoms with Gasteiger partial charge in [0.25, 0.3) is 0 Å². The zero-order valence-corrected chi connectivity index (χ0v) is 10.2. The fraction of sp³-hybridized carbons (Fsp3) is 0.750. The highest BCUT2D eigenvalue weighted by Crippen LogP contribution is 2.30. The van der Waals surface area contributed by atoms with Crippen molar-refractivity contribution in [2.24, 2.45) is 11.8 Å². The maximum atomic E-state index is 11.5. The summed E-state index contributed by atoms with van der Waals surface area (Å²) < 4.78 is 1.95. The predicted octanol–water partition coefficient (Wildman–Crippen LogP) is 2.02. The summed E-state index contributed by atoms with van der Waals surface area (Å²) in [4.78, 5) is 15.8. The van der Waals surface area contributed by atoms with E-state index < -0.39 is 0 Å². The lowest BCUT2D eigenvalue weighted by molar-refractivity contribution is -0.120. The van der Waals surface area contributed by atoms with Crippen LogP contribution in [0, 0.1) is 11.8 Å². The van der Waals surface area contributed by atoms with E-state index in [0.717, 1.165) is 25.1 Å². The average molecular weight is 221 g/mol. The number of aromatic nitrogens is 3. The Labute approximate surface area is 96.1 Å². The number of hydrogen-bond donors (Lipinski definition) is 0. The third kappa shape index (κ3) is 2.01. The Kier molecular flexibility index (Phi) is 3.08. The Balaban J connectivity index is 2.09. The smallest absolute Gasteiger partial charge is 0.138 e. The van der Waals surface area contributed by atoms with Gasteiger partial charge in [0.15, 0.2) is 0 Å². The summed E-state index contributed by atoms with van der Waals surface area (Å²) >= 11 is 0. The number of Topliss-reactive ketones (excluding diaryl/α,β-unsaturated/α-hetero) is 1. The second-order valence-corrected chi connectivity index (χ2v) is 4.97. The molecule has 1 saturated carbocycles. The first kappa shape index (κ1) is 11.3. The van der Waals surface area contributed by atoms with E-state index in [2.05, 4.69) is 23.9 Å². The number of carbonyl (C=O) groups is 1. The third-order valence-corrected chi connectivity index (χ3v) is 3.56. The van der Waals surface area contributed by atoms with Gasteiger partial charge in [-0.1, -0.05) is 6.92 Å². The Morgan fingerprint density at radius 1 is 1.56 bits per heavy atom. The van der Waals surface area contributed by atoms with Crippen LogP contribution in [0.3, 0.4) is 0 Å². The number of hydrogen-bond acceptors (Lipinski definition) is 3. The van der Waals surface area contributed by atoms with E-state index >= 15 is 0 Å². The SMILES string of the molecule is CC1C(=O)CCC1Cc1ncnn1C(C)C. The first-order valence-electron chi connectivity index (χ1n) is 6.00. The van der Waals surface area contributed by atoms with Crippen LogP contribution in [0.25, 0.3) is 0 Å². The standard InChI is InChI=1S/C12H19N3O/c1-8(2)15-12(13-7-14-15)6-10-4-5-11(16)9(10)3/h7-10H,4-6H2,1-3H3. The van der Waals surface area contributed by atoms with Crippen molar-refractivity contribution >= 4 is 5.78 Å². The summed E-state index contributed by atoms with van der Waals surface area (Å²) in [5.74, 6) is 2.06. The van der Waals surface area contributed by atoms with Crippen molar-refractivity contribution in [3.8, 4) is 0 Å². The highest BCUT2D eigenvalue weighted by atomic mass is 16.1. The molecule has 4 nitrogen and oxygen atoms in total. The van der Waals surface area contributed by atoms with Gasteiger partial charge in [-0.15, -0.1) is 0 Å². The second-order valence-electron chi connectivity index (χ2n) is 4.97. The van der Waals surface area contributed by atoms with Crippen LogP contribution in [0.2, 0.25) is 0 Å². The molecule has 1 heterocycles. The molecule has 2 unspecified atom stereocenters. The van der Waals surface area contributed by atoms with Crippen molar-refractivity contribution in [1.29, 1.82) is 0 Å². The number of carbonyl (C=O) groups excluding carboxylic acids is 1. The fourth-order valence-corrected chi connectivity index (χ4v) is 2.43. The van der Waals surface area contributed by atoms with Crippen molar-refractivity contribution in [2.75, 3.05) is 0 Å². The van der Waals surface area contributed by atoms with Crippen LogP contribution in [0.1, 0.15) is 45.5 Å². The van der Waals surface area contributed by atoms with Crippen molar-refractivity contribution in [3.05, 3.63) is 12.2 Å². The number of nitrogens with zero attached hydrogens (tertiary/aromatic N) is 3. The van der Waals surface area contributed by atoms with Gasteiger partial charge in [0, 0.05) is 24.8 Å². The Bertz CT molecular complexity index is 383. The molecular formula is C12H19N3O. The van der Waals surface area contributed by atoms with Gasteiger partial charge in [-0.2, -0.15) is 5.10 Å². The van der Waals surface area contributed by atoms with Crippen LogP contribution >= 0.6 is 0 Å². The molecule has 88 valence electrons. The summed E-state index contributed by atoms with van der Waals surface area (Å²) in [6.45, 7) is 6.24. The lowest BCUT2D eigenvalue weighted by atomic mass is 9.94. The van der Waals surface area contributed by atoms with Crippen LogP contribution in [-0.4, -0.2) is 20.5 Å². The van der Waals surface area contributed by atoms with Gasteiger partial charge in [0.1, 0.15) is 17.9 Å². The van der Waals surface area contributed by atoms with E-state index in [0.29, 0.717) is 17.7 Å². The van der Waals surface area contributed by atoms with Crippen molar-refractivity contribution in [1.82, 2.24) is 14.8 Å². The Hall–Kier alpha value is -1.19. The molecule has 1 aliphatic carbocycles. The Morgan fingerprint density at radius 2 is 2.31 bits per heavy atom. The molecule has 2 rings (SSSR count). The van der Waals surface area contributed by atoms with Gasteiger partial charge in [-0.3, -0.25) is 4.79 Å². The second kappa shape index (κ2) is 4.36. The Morgan fingerprint density at radius 3 is 2.88 bits per heavy atom. The normalized spacial score (nSPS) is 25.6. The zero-order valence-electron chi connectivity index (χ0n) is 10.2. The van der Waals surface area contributed by atoms with Crippen molar-refractivity contribution in [3.63, 3.8) is 0 Å².